The van der Waals surface area contributed by atoms with Crippen LogP contribution in [0.5, 0.6) is 0 Å². The van der Waals surface area contributed by atoms with Crippen LogP contribution in [0.25, 0.3) is 16.1 Å². The third kappa shape index (κ3) is 1.89. The molecule has 0 unspecified atom stereocenters. The molecule has 0 radical (unpaired) electrons. The van der Waals surface area contributed by atoms with Crippen molar-refractivity contribution in [2.45, 2.75) is 6.92 Å². The summed E-state index contributed by atoms with van der Waals surface area (Å²) in [6.07, 6.45) is 0. The molecule has 0 atom stereocenters. The van der Waals surface area contributed by atoms with Crippen LogP contribution < -0.4 is 0 Å². The average molecular weight is 209 g/mol. The highest BCUT2D eigenvalue weighted by Crippen LogP contribution is 2.26. The van der Waals surface area contributed by atoms with Gasteiger partial charge in [-0.2, -0.15) is 0 Å². The van der Waals surface area contributed by atoms with Gasteiger partial charge in [-0.05, 0) is 24.1 Å². The fourth-order valence-corrected chi connectivity index (χ4v) is 1.74. The molecule has 0 heterocycles. The summed E-state index contributed by atoms with van der Waals surface area (Å²) in [5, 5.41) is 13.0. The van der Waals surface area contributed by atoms with Gasteiger partial charge in [0.15, 0.2) is 0 Å². The normalized spacial score (nSPS) is 9.31. The van der Waals surface area contributed by atoms with Gasteiger partial charge in [0.05, 0.1) is 0 Å². The largest absolute Gasteiger partial charge is 0.498 e. The minimum absolute atomic E-state index is 0.729. The van der Waals surface area contributed by atoms with Gasteiger partial charge in [0.2, 0.25) is 0 Å². The van der Waals surface area contributed by atoms with E-state index >= 15 is 0 Å². The maximum Gasteiger partial charge on any atom is 0.337 e. The molecular formula is C14H11NO. The maximum absolute atomic E-state index is 10.3. The van der Waals surface area contributed by atoms with Gasteiger partial charge in [0.25, 0.3) is 0 Å². The minimum Gasteiger partial charge on any atom is -0.498 e. The van der Waals surface area contributed by atoms with Gasteiger partial charge in [-0.3, -0.25) is 0 Å². The summed E-state index contributed by atoms with van der Waals surface area (Å²) in [5.74, 6) is 0. The van der Waals surface area contributed by atoms with E-state index in [4.69, 9.17) is 0 Å². The van der Waals surface area contributed by atoms with Gasteiger partial charge >= 0.3 is 6.07 Å². The van der Waals surface area contributed by atoms with Crippen LogP contribution in [0.1, 0.15) is 11.1 Å². The summed E-state index contributed by atoms with van der Waals surface area (Å²) < 4.78 is 0. The zero-order valence-electron chi connectivity index (χ0n) is 8.97. The van der Waals surface area contributed by atoms with Crippen LogP contribution in [-0.4, -0.2) is 0 Å². The van der Waals surface area contributed by atoms with E-state index < -0.39 is 0 Å². The predicted molar refractivity (Wildman–Crippen MR) is 66.3 cm³/mol. The Hall–Kier alpha value is -2.27. The molecule has 0 aliphatic carbocycles. The van der Waals surface area contributed by atoms with Gasteiger partial charge in [-0.1, -0.05) is 42.5 Å². The molecule has 78 valence electrons. The Balaban J connectivity index is 2.63. The first-order valence-corrected chi connectivity index (χ1v) is 5.06. The average Bonchev–Trinajstić information content (AvgIpc) is 2.31. The standard InChI is InChI=1S/C14H11NO/c1-11-6-2-4-8-13(11)14-9-5-3-7-12(14)10-15-16/h2-9H,1H3. The summed E-state index contributed by atoms with van der Waals surface area (Å²) in [6.45, 7) is 2.04. The summed E-state index contributed by atoms with van der Waals surface area (Å²) in [4.78, 5) is 0. The summed E-state index contributed by atoms with van der Waals surface area (Å²) in [5.41, 5.74) is 3.99. The van der Waals surface area contributed by atoms with Crippen molar-refractivity contribution in [2.24, 2.45) is 0 Å². The molecule has 0 aliphatic heterocycles. The first kappa shape index (κ1) is 10.3. The second-order valence-electron chi connectivity index (χ2n) is 3.56. The first-order valence-electron chi connectivity index (χ1n) is 5.06. The Kier molecular flexibility index (Phi) is 2.88. The molecule has 2 aromatic carbocycles. The van der Waals surface area contributed by atoms with E-state index in [0.29, 0.717) is 0 Å². The van der Waals surface area contributed by atoms with E-state index in [1.54, 1.807) is 0 Å². The fraction of sp³-hybridized carbons (Fsp3) is 0.0714. The number of benzene rings is 2. The Bertz CT molecular complexity index is 564. The highest BCUT2D eigenvalue weighted by Gasteiger charge is 2.07. The lowest BCUT2D eigenvalue weighted by Gasteiger charge is -2.05. The maximum atomic E-state index is 10.3. The highest BCUT2D eigenvalue weighted by atomic mass is 16.4. The van der Waals surface area contributed by atoms with E-state index in [9.17, 15) is 5.21 Å². The summed E-state index contributed by atoms with van der Waals surface area (Å²) >= 11 is 0. The molecule has 0 amide bonds. The third-order valence-corrected chi connectivity index (χ3v) is 2.53. The molecule has 0 saturated carbocycles. The van der Waals surface area contributed by atoms with Crippen LogP contribution in [-0.2, 0) is 0 Å². The lowest BCUT2D eigenvalue weighted by atomic mass is 9.97. The molecule has 2 rings (SSSR count). The molecule has 2 aromatic rings. The number of hydrogen-bond acceptors (Lipinski definition) is 1. The van der Waals surface area contributed by atoms with Crippen molar-refractivity contribution in [3.05, 3.63) is 69.9 Å². The number of aryl methyl sites for hydroxylation is 1. The topological polar surface area (TPSA) is 27.4 Å². The van der Waals surface area contributed by atoms with Crippen molar-refractivity contribution in [3.8, 4) is 17.2 Å². The van der Waals surface area contributed by atoms with Crippen LogP contribution in [0.15, 0.2) is 48.5 Å². The van der Waals surface area contributed by atoms with Crippen LogP contribution in [0.2, 0.25) is 0 Å². The lowest BCUT2D eigenvalue weighted by Crippen LogP contribution is -1.86. The van der Waals surface area contributed by atoms with Gasteiger partial charge < -0.3 is 5.21 Å². The van der Waals surface area contributed by atoms with Crippen molar-refractivity contribution < 1.29 is 0 Å². The molecule has 0 spiro atoms. The highest BCUT2D eigenvalue weighted by molar-refractivity contribution is 5.73. The van der Waals surface area contributed by atoms with Crippen LogP contribution >= 0.6 is 0 Å². The van der Waals surface area contributed by atoms with E-state index in [1.165, 1.54) is 5.56 Å². The van der Waals surface area contributed by atoms with Crippen molar-refractivity contribution in [2.75, 3.05) is 0 Å². The Morgan fingerprint density at radius 3 is 2.25 bits per heavy atom. The molecule has 16 heavy (non-hydrogen) atoms. The first-order chi connectivity index (χ1) is 7.83. The fourth-order valence-electron chi connectivity index (χ4n) is 1.74. The molecule has 0 N–H and O–H groups in total. The van der Waals surface area contributed by atoms with Crippen molar-refractivity contribution in [1.82, 2.24) is 0 Å². The van der Waals surface area contributed by atoms with Crippen molar-refractivity contribution in [3.63, 3.8) is 0 Å². The van der Waals surface area contributed by atoms with Crippen LogP contribution in [0.4, 0.5) is 0 Å². The molecular weight excluding hydrogens is 198 g/mol. The smallest absolute Gasteiger partial charge is 0.337 e. The SMILES string of the molecule is Cc1ccccc1-c1ccccc1C#[N+][O-]. The van der Waals surface area contributed by atoms with Crippen molar-refractivity contribution >= 4 is 0 Å². The van der Waals surface area contributed by atoms with Gasteiger partial charge in [-0.15, -0.1) is 0 Å². The molecule has 0 aromatic heterocycles. The molecule has 0 aliphatic rings. The predicted octanol–water partition coefficient (Wildman–Crippen LogP) is 3.84. The van der Waals surface area contributed by atoms with E-state index in [2.05, 4.69) is 11.1 Å². The second kappa shape index (κ2) is 4.50. The van der Waals surface area contributed by atoms with E-state index in [-0.39, 0.29) is 0 Å². The second-order valence-corrected chi connectivity index (χ2v) is 3.56. The zero-order valence-corrected chi connectivity index (χ0v) is 8.97. The van der Waals surface area contributed by atoms with E-state index in [0.717, 1.165) is 16.7 Å². The third-order valence-electron chi connectivity index (χ3n) is 2.53. The Morgan fingerprint density at radius 1 is 0.938 bits per heavy atom. The van der Waals surface area contributed by atoms with Gasteiger partial charge in [0, 0.05) is 10.6 Å². The summed E-state index contributed by atoms with van der Waals surface area (Å²) in [7, 11) is 0. The molecule has 2 heteroatoms. The minimum atomic E-state index is 0.729. The number of nitrogens with zero attached hydrogens (tertiary/aromatic N) is 1. The zero-order chi connectivity index (χ0) is 11.4. The van der Waals surface area contributed by atoms with Gasteiger partial charge in [0.1, 0.15) is 5.56 Å². The molecule has 0 saturated heterocycles. The Labute approximate surface area is 94.6 Å². The van der Waals surface area contributed by atoms with E-state index in [1.807, 2.05) is 55.5 Å². The molecule has 2 nitrogen and oxygen atoms in total. The molecule has 0 fully saturated rings. The van der Waals surface area contributed by atoms with Crippen LogP contribution in [0, 0.1) is 18.2 Å². The number of rotatable bonds is 1. The van der Waals surface area contributed by atoms with Crippen LogP contribution in [0.3, 0.4) is 0 Å². The summed E-state index contributed by atoms with van der Waals surface area (Å²) in [6, 6.07) is 18.1. The quantitative estimate of drug-likeness (QED) is 0.655. The number of hydrogen-bond donors (Lipinski definition) is 0. The molecule has 0 bridgehead atoms. The van der Waals surface area contributed by atoms with Gasteiger partial charge in [-0.25, -0.2) is 0 Å². The Morgan fingerprint density at radius 2 is 1.56 bits per heavy atom. The monoisotopic (exact) mass is 209 g/mol. The lowest BCUT2D eigenvalue weighted by molar-refractivity contribution is 1.45. The van der Waals surface area contributed by atoms with Crippen molar-refractivity contribution in [1.29, 1.82) is 0 Å².